The Kier molecular flexibility index (Phi) is 11.2. The number of hydroxylamine groups is 1. The molecule has 2 aromatic heterocycles. The van der Waals surface area contributed by atoms with Gasteiger partial charge in [0.05, 0.1) is 31.5 Å². The van der Waals surface area contributed by atoms with E-state index in [1.165, 1.54) is 37.5 Å². The molecule has 5 heterocycles. The maximum atomic E-state index is 14.0. The van der Waals surface area contributed by atoms with Crippen molar-refractivity contribution in [2.24, 2.45) is 21.8 Å². The highest BCUT2D eigenvalue weighted by molar-refractivity contribution is 6.12. The van der Waals surface area contributed by atoms with E-state index in [1.807, 2.05) is 32.9 Å². The molecule has 288 valence electrons. The van der Waals surface area contributed by atoms with Gasteiger partial charge >= 0.3 is 11.9 Å². The molecular formula is C42H48N6O7. The summed E-state index contributed by atoms with van der Waals surface area (Å²) in [5.41, 5.74) is 12.6. The Morgan fingerprint density at radius 1 is 1.04 bits per heavy atom. The van der Waals surface area contributed by atoms with Gasteiger partial charge in [-0.1, -0.05) is 26.5 Å². The number of methoxy groups -OCH3 is 2. The highest BCUT2D eigenvalue weighted by Crippen LogP contribution is 2.43. The lowest BCUT2D eigenvalue weighted by Gasteiger charge is -2.23. The zero-order valence-electron chi connectivity index (χ0n) is 32.3. The summed E-state index contributed by atoms with van der Waals surface area (Å²) in [4.78, 5) is 70.3. The number of rotatable bonds is 9. The van der Waals surface area contributed by atoms with Gasteiger partial charge < -0.3 is 24.8 Å². The standard InChI is InChI=1S/C42H48N6O7/c1-9-26-20(3)29-17-31-22(5)28(15-16-35(49)43-25-13-11-24(12-14-25)40(50)48-53)38(46-31)37(42(52)55-8)39-36(41(51)54-7)23(6)32(47-39)19-34-27(10-2)21(4)30(45-34)18-33(26)44-29/h9,11-14,17,22,28,30,37,44,47,53H,1,10,15-16,18-19H2,2-8H3,(H,43,49)(H,48,50)/t22-,28-,30?,37?/m0/s1. The van der Waals surface area contributed by atoms with Crippen molar-refractivity contribution < 1.29 is 33.9 Å². The van der Waals surface area contributed by atoms with Crippen LogP contribution in [-0.4, -0.2) is 70.6 Å². The van der Waals surface area contributed by atoms with Gasteiger partial charge in [-0.05, 0) is 91.8 Å². The zero-order chi connectivity index (χ0) is 39.7. The van der Waals surface area contributed by atoms with Crippen LogP contribution in [0.2, 0.25) is 0 Å². The first-order valence-corrected chi connectivity index (χ1v) is 18.5. The molecule has 13 nitrogen and oxygen atoms in total. The molecule has 0 saturated carbocycles. The van der Waals surface area contributed by atoms with Crippen LogP contribution in [0.15, 0.2) is 57.7 Å². The van der Waals surface area contributed by atoms with Gasteiger partial charge in [0, 0.05) is 76.6 Å². The first-order valence-electron chi connectivity index (χ1n) is 18.5. The maximum Gasteiger partial charge on any atom is 0.340 e. The molecule has 0 fully saturated rings. The average molecular weight is 749 g/mol. The largest absolute Gasteiger partial charge is 0.468 e. The van der Waals surface area contributed by atoms with Gasteiger partial charge in [-0.15, -0.1) is 0 Å². The van der Waals surface area contributed by atoms with Crippen molar-refractivity contribution in [3.63, 3.8) is 0 Å². The number of benzene rings is 1. The molecule has 5 N–H and O–H groups in total. The summed E-state index contributed by atoms with van der Waals surface area (Å²) in [6, 6.07) is 6.02. The van der Waals surface area contributed by atoms with Crippen LogP contribution >= 0.6 is 0 Å². The SMILES string of the molecule is C=Cc1c2[nH]c(c1C)C=C1N=C(C(C(=O)OC)c3[nH]c(c(C)c3C(=O)OC)CC3=NC(C2)C(C)=C3CC)[C@@H](CCC(=O)Nc2ccc(C(=O)NO)cc2)[C@@H]1C. The second-order valence-electron chi connectivity index (χ2n) is 14.3. The molecule has 6 rings (SSSR count). The molecular weight excluding hydrogens is 700 g/mol. The Morgan fingerprint density at radius 2 is 1.76 bits per heavy atom. The number of allylic oxidation sites excluding steroid dienone is 2. The number of aromatic amines is 2. The number of carbonyl (C=O) groups is 4. The molecule has 2 amide bonds. The molecule has 4 atom stereocenters. The van der Waals surface area contributed by atoms with Gasteiger partial charge in [0.15, 0.2) is 0 Å². The molecule has 2 unspecified atom stereocenters. The summed E-state index contributed by atoms with van der Waals surface area (Å²) < 4.78 is 10.7. The number of anilines is 1. The third-order valence-corrected chi connectivity index (χ3v) is 11.4. The van der Waals surface area contributed by atoms with Gasteiger partial charge in [-0.2, -0.15) is 0 Å². The summed E-state index contributed by atoms with van der Waals surface area (Å²) >= 11 is 0. The molecule has 13 heteroatoms. The van der Waals surface area contributed by atoms with E-state index in [-0.39, 0.29) is 35.4 Å². The van der Waals surface area contributed by atoms with Crippen LogP contribution in [0.5, 0.6) is 0 Å². The van der Waals surface area contributed by atoms with Crippen LogP contribution in [0.4, 0.5) is 5.69 Å². The van der Waals surface area contributed by atoms with Crippen molar-refractivity contribution in [3.8, 4) is 0 Å². The lowest BCUT2D eigenvalue weighted by atomic mass is 9.80. The summed E-state index contributed by atoms with van der Waals surface area (Å²) in [5, 5.41) is 11.8. The lowest BCUT2D eigenvalue weighted by molar-refractivity contribution is -0.140. The van der Waals surface area contributed by atoms with Gasteiger partial charge in [0.25, 0.3) is 5.91 Å². The maximum absolute atomic E-state index is 14.0. The second-order valence-corrected chi connectivity index (χ2v) is 14.3. The Balaban J connectivity index is 1.47. The van der Waals surface area contributed by atoms with Gasteiger partial charge in [-0.25, -0.2) is 10.3 Å². The molecule has 3 aromatic rings. The van der Waals surface area contributed by atoms with Crippen LogP contribution in [0.1, 0.15) is 106 Å². The summed E-state index contributed by atoms with van der Waals surface area (Å²) in [7, 11) is 2.61. The first-order chi connectivity index (χ1) is 26.3. The van der Waals surface area contributed by atoms with E-state index in [9.17, 15) is 19.2 Å². The number of H-pyrrole nitrogens is 2. The number of esters is 2. The van der Waals surface area contributed by atoms with Crippen molar-refractivity contribution in [1.29, 1.82) is 0 Å². The van der Waals surface area contributed by atoms with Crippen molar-refractivity contribution in [1.82, 2.24) is 15.4 Å². The minimum Gasteiger partial charge on any atom is -0.468 e. The highest BCUT2D eigenvalue weighted by atomic mass is 16.5. The lowest BCUT2D eigenvalue weighted by Crippen LogP contribution is -2.31. The third kappa shape index (κ3) is 7.23. The Hall–Kier alpha value is -5.82. The normalized spacial score (nSPS) is 20.3. The number of ether oxygens (including phenoxy) is 2. The van der Waals surface area contributed by atoms with E-state index in [4.69, 9.17) is 24.7 Å². The van der Waals surface area contributed by atoms with Crippen molar-refractivity contribution in [3.05, 3.63) is 98.3 Å². The fourth-order valence-corrected chi connectivity index (χ4v) is 8.26. The smallest absolute Gasteiger partial charge is 0.340 e. The number of carbonyl (C=O) groups excluding carboxylic acids is 4. The first kappa shape index (κ1) is 38.9. The minimum atomic E-state index is -1.11. The quantitative estimate of drug-likeness (QED) is 0.0929. The van der Waals surface area contributed by atoms with Gasteiger partial charge in [0.2, 0.25) is 5.91 Å². The van der Waals surface area contributed by atoms with E-state index >= 15 is 0 Å². The second kappa shape index (κ2) is 15.9. The van der Waals surface area contributed by atoms with Crippen LogP contribution in [0, 0.1) is 25.7 Å². The van der Waals surface area contributed by atoms with Crippen molar-refractivity contribution in [2.75, 3.05) is 19.5 Å². The topological polar surface area (TPSA) is 187 Å². The van der Waals surface area contributed by atoms with Crippen molar-refractivity contribution >= 4 is 53.0 Å². The molecule has 1 aromatic carbocycles. The minimum absolute atomic E-state index is 0.0753. The van der Waals surface area contributed by atoms with Gasteiger partial charge in [0.1, 0.15) is 5.92 Å². The van der Waals surface area contributed by atoms with E-state index in [2.05, 4.69) is 35.7 Å². The van der Waals surface area contributed by atoms with E-state index in [0.717, 1.165) is 40.3 Å². The number of nitrogens with one attached hydrogen (secondary N) is 4. The molecule has 55 heavy (non-hydrogen) atoms. The number of nitrogens with zero attached hydrogens (tertiary/aromatic N) is 2. The predicted octanol–water partition coefficient (Wildman–Crippen LogP) is 6.58. The predicted molar refractivity (Wildman–Crippen MR) is 210 cm³/mol. The number of aromatic nitrogens is 2. The van der Waals surface area contributed by atoms with E-state index < -0.39 is 29.7 Å². The zero-order valence-corrected chi connectivity index (χ0v) is 32.3. The van der Waals surface area contributed by atoms with E-state index in [1.54, 1.807) is 17.6 Å². The summed E-state index contributed by atoms with van der Waals surface area (Å²) in [6.07, 6.45) is 6.10. The van der Waals surface area contributed by atoms with E-state index in [0.29, 0.717) is 47.6 Å². The van der Waals surface area contributed by atoms with Crippen LogP contribution in [0.25, 0.3) is 12.2 Å². The van der Waals surface area contributed by atoms with Crippen LogP contribution in [0.3, 0.4) is 0 Å². The molecule has 0 saturated heterocycles. The molecule has 0 spiro atoms. The fraction of sp³-hybridized carbons (Fsp3) is 0.381. The Morgan fingerprint density at radius 3 is 2.40 bits per heavy atom. The van der Waals surface area contributed by atoms with Gasteiger partial charge in [-0.3, -0.25) is 29.6 Å². The molecule has 8 bridgehead atoms. The van der Waals surface area contributed by atoms with Crippen molar-refractivity contribution in [2.45, 2.75) is 78.7 Å². The molecule has 3 aliphatic heterocycles. The summed E-state index contributed by atoms with van der Waals surface area (Å²) in [6.45, 7) is 14.3. The Bertz CT molecular complexity index is 2200. The molecule has 3 aliphatic rings. The highest BCUT2D eigenvalue weighted by Gasteiger charge is 2.44. The number of hydrogen-bond acceptors (Lipinski definition) is 9. The third-order valence-electron chi connectivity index (χ3n) is 11.4. The number of aliphatic imine (C=N–C) groups is 2. The van der Waals surface area contributed by atoms with Crippen LogP contribution < -0.4 is 10.8 Å². The number of amides is 2. The molecule has 0 aliphatic carbocycles. The fourth-order valence-electron chi connectivity index (χ4n) is 8.26. The monoisotopic (exact) mass is 748 g/mol. The number of fused-ring (bicyclic) bond motifs is 6. The summed E-state index contributed by atoms with van der Waals surface area (Å²) in [5.74, 6) is -3.91. The Labute approximate surface area is 320 Å². The van der Waals surface area contributed by atoms with Crippen LogP contribution in [-0.2, 0) is 31.9 Å². The average Bonchev–Trinajstić information content (AvgIpc) is 3.86. The number of hydrogen-bond donors (Lipinski definition) is 5. The molecule has 0 radical (unpaired) electrons.